The summed E-state index contributed by atoms with van der Waals surface area (Å²) in [6.45, 7) is 4.04. The molecule has 178 valence electrons. The summed E-state index contributed by atoms with van der Waals surface area (Å²) < 4.78 is 15.9. The summed E-state index contributed by atoms with van der Waals surface area (Å²) >= 11 is 1.23. The lowest BCUT2D eigenvalue weighted by molar-refractivity contribution is -0.119. The van der Waals surface area contributed by atoms with E-state index in [4.69, 9.17) is 14.2 Å². The Labute approximate surface area is 200 Å². The van der Waals surface area contributed by atoms with E-state index in [1.807, 2.05) is 26.0 Å². The minimum absolute atomic E-state index is 0.114. The lowest BCUT2D eigenvalue weighted by atomic mass is 9.98. The molecule has 0 saturated heterocycles. The van der Waals surface area contributed by atoms with E-state index >= 15 is 0 Å². The van der Waals surface area contributed by atoms with Gasteiger partial charge in [0.15, 0.2) is 11.5 Å². The van der Waals surface area contributed by atoms with E-state index in [2.05, 4.69) is 26.1 Å². The normalized spacial score (nSPS) is 13.6. The average molecular weight is 484 g/mol. The molecule has 2 heterocycles. The quantitative estimate of drug-likeness (QED) is 0.440. The third kappa shape index (κ3) is 5.37. The van der Waals surface area contributed by atoms with Crippen LogP contribution in [0.4, 0.5) is 15.6 Å². The first-order valence-corrected chi connectivity index (χ1v) is 11.5. The van der Waals surface area contributed by atoms with E-state index in [1.165, 1.54) is 11.3 Å². The van der Waals surface area contributed by atoms with Crippen molar-refractivity contribution >= 4 is 34.1 Å². The molecule has 34 heavy (non-hydrogen) atoms. The van der Waals surface area contributed by atoms with Crippen LogP contribution in [0.5, 0.6) is 17.2 Å². The highest BCUT2D eigenvalue weighted by atomic mass is 32.1. The number of anilines is 2. The maximum absolute atomic E-state index is 13.0. The number of rotatable bonds is 8. The molecule has 1 aliphatic rings. The first-order chi connectivity index (χ1) is 16.5. The van der Waals surface area contributed by atoms with Crippen molar-refractivity contribution in [2.75, 3.05) is 24.5 Å². The van der Waals surface area contributed by atoms with Crippen molar-refractivity contribution in [3.8, 4) is 27.8 Å². The standard InChI is InChI=1S/C23H25N5O5S/c1-4-13(2)19(25-22(30)24-15-6-5-7-16(11-15)31-3)20(29)26-23-28-27-21(34-23)14-8-9-17-18(10-14)33-12-32-17/h5-11,13,19H,4,12H2,1-3H3,(H2,24,25,30)(H,26,28,29)/t13-,19-/m0/s1. The monoisotopic (exact) mass is 483 g/mol. The van der Waals surface area contributed by atoms with Crippen LogP contribution in [0.15, 0.2) is 42.5 Å². The lowest BCUT2D eigenvalue weighted by Crippen LogP contribution is -2.49. The van der Waals surface area contributed by atoms with Gasteiger partial charge in [-0.05, 0) is 36.2 Å². The van der Waals surface area contributed by atoms with Gasteiger partial charge in [0.05, 0.1) is 7.11 Å². The van der Waals surface area contributed by atoms with Gasteiger partial charge in [-0.1, -0.05) is 37.7 Å². The topological polar surface area (TPSA) is 124 Å². The molecule has 0 bridgehead atoms. The Kier molecular flexibility index (Phi) is 7.12. The smallest absolute Gasteiger partial charge is 0.319 e. The second-order valence-corrected chi connectivity index (χ2v) is 8.64. The molecule has 0 radical (unpaired) electrons. The van der Waals surface area contributed by atoms with Gasteiger partial charge in [0.1, 0.15) is 16.8 Å². The number of carbonyl (C=O) groups is 2. The summed E-state index contributed by atoms with van der Waals surface area (Å²) in [4.78, 5) is 25.6. The van der Waals surface area contributed by atoms with Crippen LogP contribution in [-0.2, 0) is 4.79 Å². The summed E-state index contributed by atoms with van der Waals surface area (Å²) in [5.74, 6) is 1.45. The predicted octanol–water partition coefficient (Wildman–Crippen LogP) is 4.12. The Morgan fingerprint density at radius 3 is 2.74 bits per heavy atom. The number of hydrogen-bond donors (Lipinski definition) is 3. The summed E-state index contributed by atoms with van der Waals surface area (Å²) in [5.41, 5.74) is 1.36. The number of hydrogen-bond acceptors (Lipinski definition) is 8. The Hall–Kier alpha value is -3.86. The van der Waals surface area contributed by atoms with E-state index in [-0.39, 0.29) is 18.6 Å². The van der Waals surface area contributed by atoms with Crippen LogP contribution < -0.4 is 30.2 Å². The maximum Gasteiger partial charge on any atom is 0.319 e. The highest BCUT2D eigenvalue weighted by molar-refractivity contribution is 7.18. The van der Waals surface area contributed by atoms with Gasteiger partial charge in [-0.25, -0.2) is 4.79 Å². The minimum atomic E-state index is -0.770. The molecule has 0 spiro atoms. The molecule has 2 atom stereocenters. The lowest BCUT2D eigenvalue weighted by Gasteiger charge is -2.23. The molecule has 0 fully saturated rings. The van der Waals surface area contributed by atoms with Crippen molar-refractivity contribution in [3.63, 3.8) is 0 Å². The van der Waals surface area contributed by atoms with E-state index in [1.54, 1.807) is 37.4 Å². The molecule has 10 nitrogen and oxygen atoms in total. The average Bonchev–Trinajstić information content (AvgIpc) is 3.51. The number of ether oxygens (including phenoxy) is 3. The fourth-order valence-electron chi connectivity index (χ4n) is 3.31. The molecular formula is C23H25N5O5S. The van der Waals surface area contributed by atoms with Crippen molar-refractivity contribution in [2.45, 2.75) is 26.3 Å². The van der Waals surface area contributed by atoms with Gasteiger partial charge in [0.2, 0.25) is 17.8 Å². The van der Waals surface area contributed by atoms with Gasteiger partial charge in [-0.3, -0.25) is 10.1 Å². The molecule has 2 aromatic carbocycles. The van der Waals surface area contributed by atoms with Gasteiger partial charge in [0.25, 0.3) is 0 Å². The van der Waals surface area contributed by atoms with Crippen molar-refractivity contribution < 1.29 is 23.8 Å². The van der Waals surface area contributed by atoms with Crippen molar-refractivity contribution in [1.29, 1.82) is 0 Å². The van der Waals surface area contributed by atoms with Crippen LogP contribution in [0.3, 0.4) is 0 Å². The largest absolute Gasteiger partial charge is 0.497 e. The SMILES string of the molecule is CC[C@H](C)[C@H](NC(=O)Nc1cccc(OC)c1)C(=O)Nc1nnc(-c2ccc3c(c2)OCO3)s1. The second-order valence-electron chi connectivity index (χ2n) is 7.66. The Morgan fingerprint density at radius 2 is 1.94 bits per heavy atom. The zero-order valence-corrected chi connectivity index (χ0v) is 19.8. The number of amides is 3. The fourth-order valence-corrected chi connectivity index (χ4v) is 4.06. The molecular weight excluding hydrogens is 458 g/mol. The number of urea groups is 1. The molecule has 3 N–H and O–H groups in total. The van der Waals surface area contributed by atoms with Gasteiger partial charge in [-0.15, -0.1) is 10.2 Å². The van der Waals surface area contributed by atoms with Gasteiger partial charge in [0, 0.05) is 17.3 Å². The molecule has 4 rings (SSSR count). The highest BCUT2D eigenvalue weighted by Crippen LogP contribution is 2.37. The zero-order valence-electron chi connectivity index (χ0n) is 19.0. The van der Waals surface area contributed by atoms with E-state index in [0.29, 0.717) is 39.5 Å². The van der Waals surface area contributed by atoms with Gasteiger partial charge in [-0.2, -0.15) is 0 Å². The number of aromatic nitrogens is 2. The van der Waals surface area contributed by atoms with Crippen LogP contribution in [0, 0.1) is 5.92 Å². The maximum atomic E-state index is 13.0. The molecule has 11 heteroatoms. The van der Waals surface area contributed by atoms with Crippen LogP contribution in [-0.4, -0.2) is 42.1 Å². The molecule has 1 aromatic heterocycles. The van der Waals surface area contributed by atoms with Gasteiger partial charge < -0.3 is 24.8 Å². The fraction of sp³-hybridized carbons (Fsp3) is 0.304. The first-order valence-electron chi connectivity index (χ1n) is 10.7. The molecule has 1 aliphatic heterocycles. The first kappa shape index (κ1) is 23.3. The van der Waals surface area contributed by atoms with Crippen molar-refractivity contribution in [2.24, 2.45) is 5.92 Å². The number of benzene rings is 2. The van der Waals surface area contributed by atoms with Crippen LogP contribution >= 0.6 is 11.3 Å². The summed E-state index contributed by atoms with van der Waals surface area (Å²) in [5, 5.41) is 17.5. The number of nitrogens with one attached hydrogen (secondary N) is 3. The highest BCUT2D eigenvalue weighted by Gasteiger charge is 2.27. The Morgan fingerprint density at radius 1 is 1.12 bits per heavy atom. The van der Waals surface area contributed by atoms with Crippen LogP contribution in [0.1, 0.15) is 20.3 Å². The van der Waals surface area contributed by atoms with Crippen molar-refractivity contribution in [1.82, 2.24) is 15.5 Å². The number of nitrogens with zero attached hydrogens (tertiary/aromatic N) is 2. The third-order valence-corrected chi connectivity index (χ3v) is 6.27. The second kappa shape index (κ2) is 10.4. The Bertz CT molecular complexity index is 1180. The summed E-state index contributed by atoms with van der Waals surface area (Å²) in [6, 6.07) is 11.2. The molecule has 0 aliphatic carbocycles. The number of carbonyl (C=O) groups excluding carboxylic acids is 2. The van der Waals surface area contributed by atoms with Gasteiger partial charge >= 0.3 is 6.03 Å². The van der Waals surface area contributed by atoms with E-state index in [0.717, 1.165) is 5.56 Å². The number of methoxy groups -OCH3 is 1. The molecule has 3 aromatic rings. The van der Waals surface area contributed by atoms with Crippen LogP contribution in [0.25, 0.3) is 10.6 Å². The molecule has 0 saturated carbocycles. The predicted molar refractivity (Wildman–Crippen MR) is 128 cm³/mol. The van der Waals surface area contributed by atoms with Crippen LogP contribution in [0.2, 0.25) is 0 Å². The van der Waals surface area contributed by atoms with E-state index < -0.39 is 12.1 Å². The minimum Gasteiger partial charge on any atom is -0.497 e. The molecule has 3 amide bonds. The third-order valence-electron chi connectivity index (χ3n) is 5.38. The Balaban J connectivity index is 1.42. The summed E-state index contributed by atoms with van der Waals surface area (Å²) in [7, 11) is 1.55. The zero-order chi connectivity index (χ0) is 24.1. The molecule has 0 unspecified atom stereocenters. The summed E-state index contributed by atoms with van der Waals surface area (Å²) in [6.07, 6.45) is 0.691. The number of fused-ring (bicyclic) bond motifs is 1. The van der Waals surface area contributed by atoms with Crippen molar-refractivity contribution in [3.05, 3.63) is 42.5 Å². The van der Waals surface area contributed by atoms with E-state index in [9.17, 15) is 9.59 Å².